The minimum atomic E-state index is -0.313. The second-order valence-corrected chi connectivity index (χ2v) is 6.26. The third-order valence-electron chi connectivity index (χ3n) is 3.65. The van der Waals surface area contributed by atoms with Gasteiger partial charge in [-0.1, -0.05) is 21.1 Å². The average molecular weight is 402 g/mol. The zero-order chi connectivity index (χ0) is 15.5. The van der Waals surface area contributed by atoms with Crippen molar-refractivity contribution in [3.8, 4) is 11.4 Å². The van der Waals surface area contributed by atoms with Gasteiger partial charge in [-0.05, 0) is 50.6 Å². The van der Waals surface area contributed by atoms with Gasteiger partial charge in [0.2, 0.25) is 17.6 Å². The van der Waals surface area contributed by atoms with Crippen LogP contribution < -0.4 is 10.6 Å². The fraction of sp³-hybridized carbons (Fsp3) is 0.400. The van der Waals surface area contributed by atoms with Gasteiger partial charge in [0.25, 0.3) is 0 Å². The van der Waals surface area contributed by atoms with E-state index in [0.717, 1.165) is 29.4 Å². The Morgan fingerprint density at radius 2 is 2.17 bits per heavy atom. The van der Waals surface area contributed by atoms with Gasteiger partial charge in [-0.15, -0.1) is 12.4 Å². The standard InChI is InChI=1S/C15H17BrN4O2.ClH/c1-9(18-14(21)12-3-2-8-17-12)15-19-13(20-22-15)10-4-6-11(16)7-5-10;/h4-7,9,12,17H,2-3,8H2,1H3,(H,18,21);1H. The highest BCUT2D eigenvalue weighted by atomic mass is 79.9. The molecule has 0 aliphatic carbocycles. The van der Waals surface area contributed by atoms with Crippen molar-refractivity contribution in [1.29, 1.82) is 0 Å². The minimum Gasteiger partial charge on any atom is -0.343 e. The zero-order valence-corrected chi connectivity index (χ0v) is 15.0. The minimum absolute atomic E-state index is 0. The van der Waals surface area contributed by atoms with E-state index >= 15 is 0 Å². The molecule has 0 radical (unpaired) electrons. The number of amides is 1. The van der Waals surface area contributed by atoms with Gasteiger partial charge in [0.1, 0.15) is 6.04 Å². The lowest BCUT2D eigenvalue weighted by Crippen LogP contribution is -2.41. The van der Waals surface area contributed by atoms with Crippen molar-refractivity contribution in [2.24, 2.45) is 0 Å². The molecule has 2 unspecified atom stereocenters. The fourth-order valence-corrected chi connectivity index (χ4v) is 2.68. The largest absolute Gasteiger partial charge is 0.343 e. The van der Waals surface area contributed by atoms with Crippen LogP contribution in [0.25, 0.3) is 11.4 Å². The van der Waals surface area contributed by atoms with Crippen molar-refractivity contribution in [2.75, 3.05) is 6.54 Å². The van der Waals surface area contributed by atoms with Crippen LogP contribution in [0.3, 0.4) is 0 Å². The second-order valence-electron chi connectivity index (χ2n) is 5.34. The summed E-state index contributed by atoms with van der Waals surface area (Å²) < 4.78 is 6.26. The van der Waals surface area contributed by atoms with Gasteiger partial charge < -0.3 is 15.2 Å². The molecule has 2 atom stereocenters. The highest BCUT2D eigenvalue weighted by Gasteiger charge is 2.25. The van der Waals surface area contributed by atoms with E-state index in [9.17, 15) is 4.79 Å². The molecule has 8 heteroatoms. The van der Waals surface area contributed by atoms with E-state index in [2.05, 4.69) is 36.7 Å². The summed E-state index contributed by atoms with van der Waals surface area (Å²) >= 11 is 3.39. The van der Waals surface area contributed by atoms with Crippen molar-refractivity contribution in [3.63, 3.8) is 0 Å². The monoisotopic (exact) mass is 400 g/mol. The smallest absolute Gasteiger partial charge is 0.249 e. The number of hydrogen-bond donors (Lipinski definition) is 2. The van der Waals surface area contributed by atoms with Crippen LogP contribution in [0.1, 0.15) is 31.7 Å². The Hall–Kier alpha value is -1.44. The van der Waals surface area contributed by atoms with Gasteiger partial charge in [0, 0.05) is 10.0 Å². The lowest BCUT2D eigenvalue weighted by atomic mass is 10.2. The molecule has 1 aromatic carbocycles. The zero-order valence-electron chi connectivity index (χ0n) is 12.6. The van der Waals surface area contributed by atoms with Gasteiger partial charge in [-0.25, -0.2) is 0 Å². The summed E-state index contributed by atoms with van der Waals surface area (Å²) in [6.07, 6.45) is 1.90. The summed E-state index contributed by atoms with van der Waals surface area (Å²) in [6.45, 7) is 2.73. The van der Waals surface area contributed by atoms with E-state index in [0.29, 0.717) is 11.7 Å². The highest BCUT2D eigenvalue weighted by Crippen LogP contribution is 2.21. The SMILES string of the molecule is CC(NC(=O)C1CCCN1)c1nc(-c2ccc(Br)cc2)no1.Cl. The second kappa shape index (κ2) is 7.90. The molecule has 0 spiro atoms. The number of halogens is 2. The number of nitrogens with one attached hydrogen (secondary N) is 2. The molecule has 6 nitrogen and oxygen atoms in total. The van der Waals surface area contributed by atoms with Crippen molar-refractivity contribution >= 4 is 34.2 Å². The predicted octanol–water partition coefficient (Wildman–Crippen LogP) is 2.85. The molecule has 1 saturated heterocycles. The Morgan fingerprint density at radius 3 is 2.83 bits per heavy atom. The molecule has 0 bridgehead atoms. The van der Waals surface area contributed by atoms with Crippen LogP contribution in [0.5, 0.6) is 0 Å². The number of hydrogen-bond acceptors (Lipinski definition) is 5. The normalized spacial score (nSPS) is 18.3. The summed E-state index contributed by atoms with van der Waals surface area (Å²) in [5, 5.41) is 10.0. The number of aromatic nitrogens is 2. The molecule has 2 aromatic rings. The van der Waals surface area contributed by atoms with Crippen LogP contribution in [0.15, 0.2) is 33.3 Å². The first-order chi connectivity index (χ1) is 10.6. The van der Waals surface area contributed by atoms with E-state index < -0.39 is 0 Å². The van der Waals surface area contributed by atoms with E-state index in [1.807, 2.05) is 31.2 Å². The van der Waals surface area contributed by atoms with Crippen molar-refractivity contribution in [2.45, 2.75) is 31.8 Å². The Kier molecular flexibility index (Phi) is 6.15. The number of rotatable bonds is 4. The first-order valence-electron chi connectivity index (χ1n) is 7.27. The van der Waals surface area contributed by atoms with Gasteiger partial charge in [0.05, 0.1) is 6.04 Å². The third-order valence-corrected chi connectivity index (χ3v) is 4.18. The number of carbonyl (C=O) groups excluding carboxylic acids is 1. The topological polar surface area (TPSA) is 80.0 Å². The predicted molar refractivity (Wildman–Crippen MR) is 92.3 cm³/mol. The quantitative estimate of drug-likeness (QED) is 0.823. The molecular weight excluding hydrogens is 384 g/mol. The first-order valence-corrected chi connectivity index (χ1v) is 8.06. The third kappa shape index (κ3) is 4.31. The molecule has 1 amide bonds. The van der Waals surface area contributed by atoms with Gasteiger partial charge in [-0.3, -0.25) is 4.79 Å². The van der Waals surface area contributed by atoms with E-state index in [-0.39, 0.29) is 30.4 Å². The number of nitrogens with zero attached hydrogens (tertiary/aromatic N) is 2. The molecule has 124 valence electrons. The van der Waals surface area contributed by atoms with Crippen LogP contribution in [0.4, 0.5) is 0 Å². The van der Waals surface area contributed by atoms with Crippen molar-refractivity contribution in [3.05, 3.63) is 34.6 Å². The highest BCUT2D eigenvalue weighted by molar-refractivity contribution is 9.10. The molecule has 1 fully saturated rings. The lowest BCUT2D eigenvalue weighted by Gasteiger charge is -2.14. The summed E-state index contributed by atoms with van der Waals surface area (Å²) in [5.74, 6) is 0.903. The summed E-state index contributed by atoms with van der Waals surface area (Å²) in [4.78, 5) is 16.4. The van der Waals surface area contributed by atoms with Crippen LogP contribution in [0, 0.1) is 0 Å². The van der Waals surface area contributed by atoms with Crippen LogP contribution >= 0.6 is 28.3 Å². The Bertz CT molecular complexity index is 656. The van der Waals surface area contributed by atoms with Crippen LogP contribution in [-0.2, 0) is 4.79 Å². The molecule has 2 N–H and O–H groups in total. The maximum atomic E-state index is 12.1. The Morgan fingerprint density at radius 1 is 1.43 bits per heavy atom. The molecule has 3 rings (SSSR count). The maximum Gasteiger partial charge on any atom is 0.249 e. The van der Waals surface area contributed by atoms with E-state index in [4.69, 9.17) is 4.52 Å². The Labute approximate surface area is 149 Å². The van der Waals surface area contributed by atoms with Crippen LogP contribution in [0.2, 0.25) is 0 Å². The first kappa shape index (κ1) is 17.9. The molecule has 2 heterocycles. The molecule has 0 saturated carbocycles. The summed E-state index contributed by atoms with van der Waals surface area (Å²) in [7, 11) is 0. The summed E-state index contributed by atoms with van der Waals surface area (Å²) in [6, 6.07) is 7.22. The fourth-order valence-electron chi connectivity index (χ4n) is 2.41. The average Bonchev–Trinajstić information content (AvgIpc) is 3.20. The van der Waals surface area contributed by atoms with Crippen molar-refractivity contribution in [1.82, 2.24) is 20.8 Å². The van der Waals surface area contributed by atoms with Gasteiger partial charge in [0.15, 0.2) is 0 Å². The van der Waals surface area contributed by atoms with E-state index in [1.165, 1.54) is 0 Å². The summed E-state index contributed by atoms with van der Waals surface area (Å²) in [5.41, 5.74) is 0.870. The lowest BCUT2D eigenvalue weighted by molar-refractivity contribution is -0.123. The number of carbonyl (C=O) groups is 1. The maximum absolute atomic E-state index is 12.1. The molecule has 1 aliphatic heterocycles. The molecule has 1 aromatic heterocycles. The van der Waals surface area contributed by atoms with Crippen molar-refractivity contribution < 1.29 is 9.32 Å². The molecular formula is C15H18BrClN4O2. The van der Waals surface area contributed by atoms with Crippen LogP contribution in [-0.4, -0.2) is 28.6 Å². The Balaban J connectivity index is 0.00000192. The molecule has 23 heavy (non-hydrogen) atoms. The van der Waals surface area contributed by atoms with Gasteiger partial charge in [-0.2, -0.15) is 4.98 Å². The van der Waals surface area contributed by atoms with Gasteiger partial charge >= 0.3 is 0 Å². The number of benzene rings is 1. The van der Waals surface area contributed by atoms with E-state index in [1.54, 1.807) is 0 Å². The molecule has 1 aliphatic rings.